The molecule has 1 aromatic rings. The Morgan fingerprint density at radius 2 is 1.87 bits per heavy atom. The zero-order valence-electron chi connectivity index (χ0n) is 14.2. The highest BCUT2D eigenvalue weighted by molar-refractivity contribution is 5.99. The fourth-order valence-electron chi connectivity index (χ4n) is 2.93. The van der Waals surface area contributed by atoms with Gasteiger partial charge in [0.25, 0.3) is 5.91 Å². The van der Waals surface area contributed by atoms with Crippen LogP contribution in [0, 0.1) is 0 Å². The van der Waals surface area contributed by atoms with Gasteiger partial charge in [-0.1, -0.05) is 25.7 Å². The smallest absolute Gasteiger partial charge is 0.276 e. The van der Waals surface area contributed by atoms with Crippen molar-refractivity contribution in [2.45, 2.75) is 58.4 Å². The minimum atomic E-state index is -0.231. The molecule has 1 aliphatic rings. The van der Waals surface area contributed by atoms with Crippen molar-refractivity contribution in [3.8, 4) is 5.75 Å². The topological polar surface area (TPSA) is 59.6 Å². The van der Waals surface area contributed by atoms with Crippen molar-refractivity contribution in [2.24, 2.45) is 0 Å². The van der Waals surface area contributed by atoms with Gasteiger partial charge in [-0.3, -0.25) is 9.63 Å². The molecule has 0 saturated heterocycles. The lowest BCUT2D eigenvalue weighted by Gasteiger charge is -2.20. The summed E-state index contributed by atoms with van der Waals surface area (Å²) in [6.45, 7) is 4.83. The van der Waals surface area contributed by atoms with Gasteiger partial charge < -0.3 is 10.1 Å². The fourth-order valence-corrected chi connectivity index (χ4v) is 2.93. The van der Waals surface area contributed by atoms with Crippen molar-refractivity contribution in [2.75, 3.05) is 18.5 Å². The highest BCUT2D eigenvalue weighted by Gasteiger charge is 2.17. The van der Waals surface area contributed by atoms with E-state index < -0.39 is 0 Å². The van der Waals surface area contributed by atoms with Crippen molar-refractivity contribution >= 4 is 11.6 Å². The lowest BCUT2D eigenvalue weighted by atomic mass is 10.1. The molecule has 1 saturated carbocycles. The van der Waals surface area contributed by atoms with Crippen molar-refractivity contribution in [3.63, 3.8) is 0 Å². The molecule has 23 heavy (non-hydrogen) atoms. The Labute approximate surface area is 138 Å². The molecule has 1 aliphatic carbocycles. The van der Waals surface area contributed by atoms with Crippen molar-refractivity contribution in [1.82, 2.24) is 5.48 Å². The molecule has 0 unspecified atom stereocenters. The average molecular weight is 320 g/mol. The number of carbonyl (C=O) groups excluding carboxylic acids is 1. The second kappa shape index (κ2) is 9.40. The van der Waals surface area contributed by atoms with Crippen LogP contribution in [-0.4, -0.2) is 25.2 Å². The Kier molecular flexibility index (Phi) is 7.20. The van der Waals surface area contributed by atoms with E-state index in [4.69, 9.17) is 9.57 Å². The van der Waals surface area contributed by atoms with E-state index in [1.54, 1.807) is 6.07 Å². The number of benzene rings is 1. The predicted octanol–water partition coefficient (Wildman–Crippen LogP) is 3.90. The van der Waals surface area contributed by atoms with Gasteiger partial charge in [0.2, 0.25) is 0 Å². The third-order valence-corrected chi connectivity index (χ3v) is 4.07. The predicted molar refractivity (Wildman–Crippen MR) is 91.8 cm³/mol. The summed E-state index contributed by atoms with van der Waals surface area (Å²) in [4.78, 5) is 17.3. The SMILES string of the molecule is CCONC(=O)c1ccc(OCC)cc1NC1CCCCCC1. The first-order chi connectivity index (χ1) is 11.2. The van der Waals surface area contributed by atoms with Gasteiger partial charge in [-0.2, -0.15) is 0 Å². The van der Waals surface area contributed by atoms with Crippen molar-refractivity contribution in [3.05, 3.63) is 23.8 Å². The van der Waals surface area contributed by atoms with Crippen LogP contribution < -0.4 is 15.5 Å². The monoisotopic (exact) mass is 320 g/mol. The molecule has 0 heterocycles. The molecule has 2 rings (SSSR count). The average Bonchev–Trinajstić information content (AvgIpc) is 2.82. The first kappa shape index (κ1) is 17.6. The minimum Gasteiger partial charge on any atom is -0.494 e. The van der Waals surface area contributed by atoms with Gasteiger partial charge in [0, 0.05) is 12.1 Å². The summed E-state index contributed by atoms with van der Waals surface area (Å²) in [5.74, 6) is 0.544. The third-order valence-electron chi connectivity index (χ3n) is 4.07. The van der Waals surface area contributed by atoms with E-state index in [1.165, 1.54) is 25.7 Å². The van der Waals surface area contributed by atoms with E-state index in [2.05, 4.69) is 10.8 Å². The summed E-state index contributed by atoms with van der Waals surface area (Å²) in [6.07, 6.45) is 7.37. The summed E-state index contributed by atoms with van der Waals surface area (Å²) in [6, 6.07) is 5.93. The Morgan fingerprint density at radius 1 is 1.13 bits per heavy atom. The normalized spacial score (nSPS) is 15.7. The maximum Gasteiger partial charge on any atom is 0.276 e. The van der Waals surface area contributed by atoms with E-state index in [0.717, 1.165) is 24.3 Å². The molecule has 2 N–H and O–H groups in total. The van der Waals surface area contributed by atoms with Gasteiger partial charge in [0.15, 0.2) is 0 Å². The summed E-state index contributed by atoms with van der Waals surface area (Å²) < 4.78 is 5.57. The van der Waals surface area contributed by atoms with Crippen LogP contribution in [-0.2, 0) is 4.84 Å². The molecular formula is C18H28N2O3. The molecule has 0 bridgehead atoms. The van der Waals surface area contributed by atoms with Crippen molar-refractivity contribution in [1.29, 1.82) is 0 Å². The number of hydrogen-bond acceptors (Lipinski definition) is 4. The standard InChI is InChI=1S/C18H28N2O3/c1-3-22-15-11-12-16(18(21)20-23-4-2)17(13-15)19-14-9-7-5-6-8-10-14/h11-14,19H,3-10H2,1-2H3,(H,20,21). The van der Waals surface area contributed by atoms with Gasteiger partial charge in [-0.15, -0.1) is 0 Å². The quantitative estimate of drug-likeness (QED) is 0.591. The van der Waals surface area contributed by atoms with Crippen LogP contribution in [0.2, 0.25) is 0 Å². The molecule has 0 atom stereocenters. The van der Waals surface area contributed by atoms with E-state index in [9.17, 15) is 4.79 Å². The van der Waals surface area contributed by atoms with Crippen LogP contribution in [0.1, 0.15) is 62.7 Å². The summed E-state index contributed by atoms with van der Waals surface area (Å²) in [5.41, 5.74) is 3.88. The number of hydrogen-bond donors (Lipinski definition) is 2. The van der Waals surface area contributed by atoms with E-state index in [-0.39, 0.29) is 5.91 Å². The van der Waals surface area contributed by atoms with Crippen molar-refractivity contribution < 1.29 is 14.4 Å². The highest BCUT2D eigenvalue weighted by atomic mass is 16.6. The van der Waals surface area contributed by atoms with Crippen LogP contribution >= 0.6 is 0 Å². The fraction of sp³-hybridized carbons (Fsp3) is 0.611. The molecule has 0 aliphatic heterocycles. The summed E-state index contributed by atoms with van der Waals surface area (Å²) >= 11 is 0. The van der Waals surface area contributed by atoms with Crippen LogP contribution in [0.4, 0.5) is 5.69 Å². The largest absolute Gasteiger partial charge is 0.494 e. The maximum absolute atomic E-state index is 12.3. The number of ether oxygens (including phenoxy) is 1. The molecular weight excluding hydrogens is 292 g/mol. The Bertz CT molecular complexity index is 497. The van der Waals surface area contributed by atoms with Crippen LogP contribution in [0.3, 0.4) is 0 Å². The number of rotatable bonds is 7. The Balaban J connectivity index is 2.17. The summed E-state index contributed by atoms with van der Waals surface area (Å²) in [7, 11) is 0. The second-order valence-electron chi connectivity index (χ2n) is 5.84. The lowest BCUT2D eigenvalue weighted by Crippen LogP contribution is -2.26. The van der Waals surface area contributed by atoms with Crippen LogP contribution in [0.5, 0.6) is 5.75 Å². The number of nitrogens with one attached hydrogen (secondary N) is 2. The lowest BCUT2D eigenvalue weighted by molar-refractivity contribution is 0.0365. The summed E-state index contributed by atoms with van der Waals surface area (Å²) in [5, 5.41) is 3.55. The molecule has 1 fully saturated rings. The molecule has 0 aromatic heterocycles. The second-order valence-corrected chi connectivity index (χ2v) is 5.84. The van der Waals surface area contributed by atoms with Gasteiger partial charge >= 0.3 is 0 Å². The Morgan fingerprint density at radius 3 is 2.52 bits per heavy atom. The van der Waals surface area contributed by atoms with Gasteiger partial charge in [-0.05, 0) is 38.8 Å². The first-order valence-corrected chi connectivity index (χ1v) is 8.70. The number of carbonyl (C=O) groups is 1. The highest BCUT2D eigenvalue weighted by Crippen LogP contribution is 2.27. The number of anilines is 1. The van der Waals surface area contributed by atoms with Gasteiger partial charge in [-0.25, -0.2) is 5.48 Å². The van der Waals surface area contributed by atoms with E-state index in [0.29, 0.717) is 24.8 Å². The zero-order chi connectivity index (χ0) is 16.5. The maximum atomic E-state index is 12.3. The molecule has 5 heteroatoms. The molecule has 128 valence electrons. The third kappa shape index (κ3) is 5.43. The molecule has 0 spiro atoms. The van der Waals surface area contributed by atoms with E-state index >= 15 is 0 Å². The molecule has 1 amide bonds. The molecule has 0 radical (unpaired) electrons. The number of hydroxylamine groups is 1. The minimum absolute atomic E-state index is 0.231. The van der Waals surface area contributed by atoms with E-state index in [1.807, 2.05) is 26.0 Å². The first-order valence-electron chi connectivity index (χ1n) is 8.70. The molecule has 5 nitrogen and oxygen atoms in total. The van der Waals surface area contributed by atoms with Crippen LogP contribution in [0.15, 0.2) is 18.2 Å². The molecule has 1 aromatic carbocycles. The zero-order valence-corrected chi connectivity index (χ0v) is 14.2. The van der Waals surface area contributed by atoms with Crippen LogP contribution in [0.25, 0.3) is 0 Å². The van der Waals surface area contributed by atoms with Gasteiger partial charge in [0.1, 0.15) is 5.75 Å². The van der Waals surface area contributed by atoms with Gasteiger partial charge in [0.05, 0.1) is 24.5 Å². The Hall–Kier alpha value is -1.75. The number of amides is 1.